The molecular weight excluding hydrogens is 293 g/mol. The third-order valence-corrected chi connectivity index (χ3v) is 4.06. The fourth-order valence-corrected chi connectivity index (χ4v) is 2.67. The second-order valence-corrected chi connectivity index (χ2v) is 6.64. The van der Waals surface area contributed by atoms with Gasteiger partial charge in [-0.05, 0) is 17.9 Å². The number of carboxylic acids is 1. The summed E-state index contributed by atoms with van der Waals surface area (Å²) in [5.74, 6) is -0.340. The molecule has 0 fully saturated rings. The largest absolute Gasteiger partial charge is 0.480 e. The van der Waals surface area contributed by atoms with Crippen molar-refractivity contribution in [2.45, 2.75) is 71.4 Å². The molecule has 1 unspecified atom stereocenters. The lowest BCUT2D eigenvalue weighted by molar-refractivity contribution is -0.153. The van der Waals surface area contributed by atoms with Gasteiger partial charge in [0.2, 0.25) is 0 Å². The van der Waals surface area contributed by atoms with Crippen molar-refractivity contribution < 1.29 is 14.4 Å². The molecule has 1 aromatic rings. The molecule has 0 radical (unpaired) electrons. The van der Waals surface area contributed by atoms with Crippen molar-refractivity contribution in [3.63, 3.8) is 0 Å². The van der Waals surface area contributed by atoms with Crippen LogP contribution in [0.15, 0.2) is 30.3 Å². The second-order valence-electron chi connectivity index (χ2n) is 6.64. The zero-order valence-electron chi connectivity index (χ0n) is 14.4. The molecule has 0 spiro atoms. The van der Waals surface area contributed by atoms with E-state index in [0.717, 1.165) is 30.7 Å². The summed E-state index contributed by atoms with van der Waals surface area (Å²) < 4.78 is 14.2. The molecule has 1 rings (SSSR count). The number of benzene rings is 1. The van der Waals surface area contributed by atoms with Gasteiger partial charge in [0, 0.05) is 0 Å². The number of carbonyl (C=O) groups is 1. The van der Waals surface area contributed by atoms with Gasteiger partial charge in [-0.3, -0.25) is 4.79 Å². The van der Waals surface area contributed by atoms with Crippen molar-refractivity contribution >= 4 is 5.97 Å². The van der Waals surface area contributed by atoms with E-state index in [1.807, 2.05) is 18.2 Å². The van der Waals surface area contributed by atoms with Crippen LogP contribution in [0.1, 0.15) is 64.4 Å². The van der Waals surface area contributed by atoms with Crippen molar-refractivity contribution in [3.8, 4) is 0 Å². The highest BCUT2D eigenvalue weighted by Gasteiger charge is 2.25. The predicted molar refractivity (Wildman–Crippen MR) is 91.7 cm³/mol. The molecule has 1 N–H and O–H groups in total. The van der Waals surface area contributed by atoms with E-state index in [2.05, 4.69) is 13.8 Å². The van der Waals surface area contributed by atoms with Crippen LogP contribution >= 0.6 is 0 Å². The van der Waals surface area contributed by atoms with E-state index in [-0.39, 0.29) is 6.54 Å². The third-order valence-electron chi connectivity index (χ3n) is 4.06. The van der Waals surface area contributed by atoms with Gasteiger partial charge in [-0.1, -0.05) is 82.7 Å². The molecule has 1 aromatic carbocycles. The molecule has 0 saturated heterocycles. The van der Waals surface area contributed by atoms with Crippen LogP contribution in [-0.2, 0) is 11.3 Å². The first-order valence-electron chi connectivity index (χ1n) is 8.70. The number of hydrogen-bond acceptors (Lipinski definition) is 2. The van der Waals surface area contributed by atoms with Crippen LogP contribution in [0.5, 0.6) is 0 Å². The normalized spacial score (nSPS) is 12.7. The van der Waals surface area contributed by atoms with E-state index in [1.54, 1.807) is 12.1 Å². The fraction of sp³-hybridized carbons (Fsp3) is 0.632. The molecule has 0 aliphatic carbocycles. The Labute approximate surface area is 139 Å². The van der Waals surface area contributed by atoms with Gasteiger partial charge in [-0.25, -0.2) is 0 Å². The van der Waals surface area contributed by atoms with Crippen LogP contribution in [0.4, 0.5) is 4.48 Å². The lowest BCUT2D eigenvalue weighted by Crippen LogP contribution is -2.35. The lowest BCUT2D eigenvalue weighted by atomic mass is 10.0. The summed E-state index contributed by atoms with van der Waals surface area (Å²) in [4.78, 5) is 11.3. The summed E-state index contributed by atoms with van der Waals surface area (Å²) in [6, 6.07) is 8.08. The number of unbranched alkanes of at least 4 members (excludes halogenated alkanes) is 4. The smallest absolute Gasteiger partial charge is 0.323 e. The van der Waals surface area contributed by atoms with Crippen LogP contribution in [-0.4, -0.2) is 22.2 Å². The summed E-state index contributed by atoms with van der Waals surface area (Å²) in [6.07, 6.45) is 6.84. The number of rotatable bonds is 12. The first-order chi connectivity index (χ1) is 11.0. The molecule has 0 aromatic heterocycles. The molecule has 130 valence electrons. The Bertz CT molecular complexity index is 436. The maximum absolute atomic E-state index is 14.2. The summed E-state index contributed by atoms with van der Waals surface area (Å²) in [7, 11) is 0. The fourth-order valence-electron chi connectivity index (χ4n) is 2.67. The Hall–Kier alpha value is -1.42. The maximum Gasteiger partial charge on any atom is 0.323 e. The van der Waals surface area contributed by atoms with Crippen LogP contribution in [0.2, 0.25) is 0 Å². The molecule has 4 heteroatoms. The molecule has 0 aliphatic heterocycles. The minimum absolute atomic E-state index is 0.0200. The molecule has 1 atom stereocenters. The number of aliphatic carboxylic acids is 1. The minimum atomic E-state index is -1.08. The van der Waals surface area contributed by atoms with E-state index in [1.165, 1.54) is 19.3 Å². The average molecular weight is 323 g/mol. The number of hydrogen-bond donors (Lipinski definition) is 1. The Balaban J connectivity index is 2.27. The van der Waals surface area contributed by atoms with Crippen molar-refractivity contribution in [1.29, 1.82) is 0 Å². The van der Waals surface area contributed by atoms with Crippen LogP contribution in [0, 0.1) is 5.92 Å². The molecule has 23 heavy (non-hydrogen) atoms. The molecule has 3 nitrogen and oxygen atoms in total. The van der Waals surface area contributed by atoms with Crippen molar-refractivity contribution in [2.24, 2.45) is 5.92 Å². The van der Waals surface area contributed by atoms with Gasteiger partial charge in [-0.2, -0.15) is 0 Å². The summed E-state index contributed by atoms with van der Waals surface area (Å²) in [5, 5.41) is 9.70. The lowest BCUT2D eigenvalue weighted by Gasteiger charge is -2.20. The van der Waals surface area contributed by atoms with E-state index in [0.29, 0.717) is 11.5 Å². The Morgan fingerprint density at radius 2 is 1.61 bits per heavy atom. The summed E-state index contributed by atoms with van der Waals surface area (Å²) in [5.41, 5.74) is 0.787. The SMILES string of the molecule is CC(C)CCCCCCCC(C(=O)O)N(F)Cc1ccccc1. The van der Waals surface area contributed by atoms with Gasteiger partial charge < -0.3 is 5.11 Å². The monoisotopic (exact) mass is 323 g/mol. The van der Waals surface area contributed by atoms with Gasteiger partial charge in [0.1, 0.15) is 6.04 Å². The molecule has 0 saturated carbocycles. The Morgan fingerprint density at radius 1 is 1.04 bits per heavy atom. The zero-order valence-corrected chi connectivity index (χ0v) is 14.4. The van der Waals surface area contributed by atoms with E-state index >= 15 is 0 Å². The topological polar surface area (TPSA) is 40.5 Å². The van der Waals surface area contributed by atoms with Crippen LogP contribution < -0.4 is 0 Å². The van der Waals surface area contributed by atoms with Gasteiger partial charge in [0.25, 0.3) is 0 Å². The first kappa shape index (κ1) is 19.6. The third kappa shape index (κ3) is 8.70. The molecule has 0 aliphatic rings. The van der Waals surface area contributed by atoms with E-state index < -0.39 is 12.0 Å². The minimum Gasteiger partial charge on any atom is -0.480 e. The molecule has 0 heterocycles. The number of carboxylic acid groups (broad SMARTS) is 1. The second kappa shape index (κ2) is 11.2. The standard InChI is InChI=1S/C19H30FNO2/c1-16(2)11-7-4-3-5-10-14-18(19(22)23)21(20)15-17-12-8-6-9-13-17/h6,8-9,12-13,16,18H,3-5,7,10-11,14-15H2,1-2H3,(H,22,23). The average Bonchev–Trinajstić information content (AvgIpc) is 2.50. The van der Waals surface area contributed by atoms with Crippen LogP contribution in [0.25, 0.3) is 0 Å². The number of halogens is 1. The van der Waals surface area contributed by atoms with Crippen molar-refractivity contribution in [2.75, 3.05) is 0 Å². The quantitative estimate of drug-likeness (QED) is 0.424. The van der Waals surface area contributed by atoms with Crippen molar-refractivity contribution in [3.05, 3.63) is 35.9 Å². The Morgan fingerprint density at radius 3 is 2.17 bits per heavy atom. The van der Waals surface area contributed by atoms with Gasteiger partial charge in [-0.15, -0.1) is 9.60 Å². The molecule has 0 bridgehead atoms. The van der Waals surface area contributed by atoms with E-state index in [4.69, 9.17) is 0 Å². The molecular formula is C19H30FNO2. The first-order valence-corrected chi connectivity index (χ1v) is 8.70. The van der Waals surface area contributed by atoms with Crippen molar-refractivity contribution in [1.82, 2.24) is 5.12 Å². The van der Waals surface area contributed by atoms with Gasteiger partial charge in [0.05, 0.1) is 6.54 Å². The Kier molecular flexibility index (Phi) is 9.53. The van der Waals surface area contributed by atoms with Gasteiger partial charge >= 0.3 is 5.97 Å². The highest BCUT2D eigenvalue weighted by Crippen LogP contribution is 2.16. The highest BCUT2D eigenvalue weighted by molar-refractivity contribution is 5.73. The predicted octanol–water partition coefficient (Wildman–Crippen LogP) is 5.21. The summed E-state index contributed by atoms with van der Waals surface area (Å²) in [6.45, 7) is 4.46. The highest BCUT2D eigenvalue weighted by atomic mass is 19.2. The molecule has 0 amide bonds. The zero-order chi connectivity index (χ0) is 17.1. The maximum atomic E-state index is 14.2. The van der Waals surface area contributed by atoms with Crippen LogP contribution in [0.3, 0.4) is 0 Å². The summed E-state index contributed by atoms with van der Waals surface area (Å²) >= 11 is 0. The van der Waals surface area contributed by atoms with Gasteiger partial charge in [0.15, 0.2) is 0 Å². The number of nitrogens with zero attached hydrogens (tertiary/aromatic N) is 1. The van der Waals surface area contributed by atoms with E-state index in [9.17, 15) is 14.4 Å².